The number of hydrogen-bond donors (Lipinski definition) is 2. The van der Waals surface area contributed by atoms with E-state index in [-0.39, 0.29) is 82.0 Å². The smallest absolute Gasteiger partial charge is 0.243 e. The molecule has 10 rings (SSSR count). The summed E-state index contributed by atoms with van der Waals surface area (Å²) in [6.45, 7) is 20.2. The van der Waals surface area contributed by atoms with Crippen molar-refractivity contribution in [3.05, 3.63) is 165 Å². The lowest BCUT2D eigenvalue weighted by Gasteiger charge is -2.42. The number of nitrogens with one attached hydrogen (secondary N) is 1. The molecule has 4 aliphatic rings. The van der Waals surface area contributed by atoms with Gasteiger partial charge in [0, 0.05) is 131 Å². The number of amides is 3. The first-order valence-corrected chi connectivity index (χ1v) is 42.4. The van der Waals surface area contributed by atoms with E-state index in [9.17, 15) is 45.9 Å². The highest BCUT2D eigenvalue weighted by Gasteiger charge is 2.45. The van der Waals surface area contributed by atoms with E-state index in [1.54, 1.807) is 41.3 Å². The number of morpholine rings is 1. The number of likely N-dealkylation sites (tertiary alicyclic amines) is 1. The minimum absolute atomic E-state index is 0.0146. The molecule has 3 saturated heterocycles. The number of sulfone groups is 2. The molecule has 4 heterocycles. The van der Waals surface area contributed by atoms with Crippen LogP contribution in [-0.2, 0) is 50.0 Å². The van der Waals surface area contributed by atoms with E-state index in [1.807, 2.05) is 119 Å². The van der Waals surface area contributed by atoms with Gasteiger partial charge in [-0.3, -0.25) is 33.8 Å². The summed E-state index contributed by atoms with van der Waals surface area (Å²) in [5.74, 6) is -1.89. The van der Waals surface area contributed by atoms with E-state index in [1.165, 1.54) is 28.2 Å². The van der Waals surface area contributed by atoms with E-state index >= 15 is 0 Å². The van der Waals surface area contributed by atoms with Crippen LogP contribution in [-0.4, -0.2) is 191 Å². The van der Waals surface area contributed by atoms with Gasteiger partial charge < -0.3 is 29.9 Å². The molecule has 1 unspecified atom stereocenters. The number of rotatable bonds is 32. The summed E-state index contributed by atoms with van der Waals surface area (Å²) in [6, 6.07) is 36.2. The normalized spacial score (nSPS) is 19.6. The fourth-order valence-electron chi connectivity index (χ4n) is 15.1. The number of benzene rings is 5. The van der Waals surface area contributed by atoms with E-state index < -0.39 is 54.7 Å². The highest BCUT2D eigenvalue weighted by molar-refractivity contribution is 7.99. The lowest BCUT2D eigenvalue weighted by molar-refractivity contribution is -0.146. The van der Waals surface area contributed by atoms with Crippen molar-refractivity contribution in [2.45, 2.75) is 151 Å². The molecule has 0 spiro atoms. The van der Waals surface area contributed by atoms with Crippen molar-refractivity contribution in [3.63, 3.8) is 0 Å². The van der Waals surface area contributed by atoms with Crippen LogP contribution in [0.2, 0.25) is 5.02 Å². The van der Waals surface area contributed by atoms with Crippen LogP contribution in [0.5, 0.6) is 0 Å². The number of nitrogens with zero attached hydrogens (tertiary/aromatic N) is 6. The van der Waals surface area contributed by atoms with E-state index in [0.717, 1.165) is 128 Å². The Kier molecular flexibility index (Phi) is 27.6. The van der Waals surface area contributed by atoms with Gasteiger partial charge in [0.1, 0.15) is 17.6 Å². The van der Waals surface area contributed by atoms with Crippen molar-refractivity contribution in [3.8, 4) is 10.4 Å². The van der Waals surface area contributed by atoms with Crippen molar-refractivity contribution in [1.82, 2.24) is 29.9 Å². The monoisotopic (exact) mass is 1510 g/mol. The zero-order valence-corrected chi connectivity index (χ0v) is 65.6. The molecule has 104 heavy (non-hydrogen) atoms. The number of piperazine rings is 1. The van der Waals surface area contributed by atoms with E-state index in [0.29, 0.717) is 62.4 Å². The molecule has 3 fully saturated rings. The van der Waals surface area contributed by atoms with Gasteiger partial charge in [0.15, 0.2) is 25.5 Å². The molecule has 18 nitrogen and oxygen atoms in total. The number of aliphatic hydroxyl groups excluding tert-OH is 1. The fourth-order valence-corrected chi connectivity index (χ4v) is 19.4. The predicted molar refractivity (Wildman–Crippen MR) is 416 cm³/mol. The van der Waals surface area contributed by atoms with Gasteiger partial charge in [-0.25, -0.2) is 21.8 Å². The summed E-state index contributed by atoms with van der Waals surface area (Å²) >= 11 is 9.69. The highest BCUT2D eigenvalue weighted by atomic mass is 35.5. The number of allylic oxidation sites excluding steroid dienone is 1. The summed E-state index contributed by atoms with van der Waals surface area (Å²) in [5, 5.41) is 14.6. The number of hydrogen-bond acceptors (Lipinski definition) is 17. The number of ether oxygens (including phenoxy) is 1. The lowest BCUT2D eigenvalue weighted by atomic mass is 9.71. The SMILES string of the molecule is Cc1ncsc1-c1ccc([C@H](C)NC(=O)[C@@H]2C[C@@H](O)CN2C(=O)[C@@H](CC(=O)CCCCCC(=O)N(C)CC2(C)CCC(c3ccc(Cl)cc3)=C(CN3CCN(c4ccc(C(=O)CS(=O)(=O)c5ccc(C[C@H](CCN6CCOCC6)CSc6ccccc6)c(S(C)(=O)=O)c5)cc4)CC3)C2)C(C)(C)C)cc1. The molecule has 3 aliphatic heterocycles. The lowest BCUT2D eigenvalue weighted by Crippen LogP contribution is -2.50. The molecule has 2 N–H and O–H groups in total. The van der Waals surface area contributed by atoms with Gasteiger partial charge in [-0.15, -0.1) is 23.1 Å². The predicted octanol–water partition coefficient (Wildman–Crippen LogP) is 13.1. The molecule has 6 aromatic rings. The number of aryl methyl sites for hydroxylation is 1. The molecular weight excluding hydrogens is 1410 g/mol. The number of aromatic nitrogens is 1. The average molecular weight is 1520 g/mol. The van der Waals surface area contributed by atoms with Crippen LogP contribution in [0.4, 0.5) is 5.69 Å². The Hall–Kier alpha value is -6.60. The number of aliphatic hydroxyl groups is 1. The first kappa shape index (κ1) is 80.0. The quantitative estimate of drug-likeness (QED) is 0.0227. The number of thioether (sulfide) groups is 1. The number of anilines is 1. The van der Waals surface area contributed by atoms with Gasteiger partial charge in [-0.05, 0) is 171 Å². The molecule has 3 amide bonds. The largest absolute Gasteiger partial charge is 0.391 e. The summed E-state index contributed by atoms with van der Waals surface area (Å²) < 4.78 is 60.4. The molecule has 5 aromatic carbocycles. The van der Waals surface area contributed by atoms with Gasteiger partial charge in [0.05, 0.1) is 51.2 Å². The third-order valence-corrected chi connectivity index (χ3v) is 26.5. The number of Topliss-reactive ketones (excluding diaryl/α,β-unsaturated/α-hetero) is 2. The molecule has 23 heteroatoms. The van der Waals surface area contributed by atoms with Gasteiger partial charge in [-0.2, -0.15) is 0 Å². The van der Waals surface area contributed by atoms with Gasteiger partial charge in [-0.1, -0.05) is 112 Å². The van der Waals surface area contributed by atoms with Crippen LogP contribution in [0.1, 0.15) is 144 Å². The van der Waals surface area contributed by atoms with Crippen LogP contribution < -0.4 is 10.2 Å². The summed E-state index contributed by atoms with van der Waals surface area (Å²) in [6.07, 6.45) is 6.67. The van der Waals surface area contributed by atoms with Gasteiger partial charge >= 0.3 is 0 Å². The van der Waals surface area contributed by atoms with Gasteiger partial charge in [0.25, 0.3) is 0 Å². The van der Waals surface area contributed by atoms with Crippen molar-refractivity contribution >= 4 is 94.9 Å². The van der Waals surface area contributed by atoms with Crippen LogP contribution in [0, 0.1) is 29.6 Å². The number of carbonyl (C=O) groups excluding carboxylic acids is 5. The van der Waals surface area contributed by atoms with Crippen LogP contribution in [0.3, 0.4) is 0 Å². The molecule has 1 aromatic heterocycles. The maximum atomic E-state index is 14.4. The summed E-state index contributed by atoms with van der Waals surface area (Å²) in [5.41, 5.74) is 9.45. The van der Waals surface area contributed by atoms with E-state index in [4.69, 9.17) is 16.3 Å². The molecule has 1 aliphatic carbocycles. The van der Waals surface area contributed by atoms with Gasteiger partial charge in [0.2, 0.25) is 17.7 Å². The standard InChI is InChI=1S/C81H104ClN7O11S4/c1-56(59-19-21-62(22-20-59)77-57(2)83-55-102-77)84-78(94)73-47-68(91)51-89(73)79(95)72(80(3,4)5)46-67(90)15-11-9-14-18-76(93)85(7)54-81(6)35-33-71(60-23-28-65(82)29-24-60)64(49-81)50-87-37-39-88(40-38-87)66-30-25-61(26-31-66)74(92)53-104(98,99)70-32-27-63(75(48-70)103(8,96)97)45-58(34-36-86-41-43-100-44-42-86)52-101-69-16-12-10-13-17-69/h10,12-13,16-17,19-32,48,55-56,58,68,72-73,91H,9,11,14-15,18,33-47,49-54H2,1-8H3,(H,84,94)/t56-,58-,68+,72+,73-,81?/m0/s1. The second kappa shape index (κ2) is 35.9. The maximum absolute atomic E-state index is 14.4. The Morgan fingerprint density at radius 2 is 1.53 bits per heavy atom. The zero-order valence-electron chi connectivity index (χ0n) is 61.6. The Morgan fingerprint density at radius 1 is 0.846 bits per heavy atom. The third kappa shape index (κ3) is 21.8. The highest BCUT2D eigenvalue weighted by Crippen LogP contribution is 2.44. The van der Waals surface area contributed by atoms with Crippen molar-refractivity contribution < 1.29 is 50.7 Å². The molecular formula is C81H104ClN7O11S4. The average Bonchev–Trinajstić information content (AvgIpc) is 1.37. The Bertz CT molecular complexity index is 4210. The molecule has 0 bridgehead atoms. The summed E-state index contributed by atoms with van der Waals surface area (Å²) in [4.78, 5) is 86.4. The molecule has 560 valence electrons. The second-order valence-corrected chi connectivity index (χ2v) is 36.9. The van der Waals surface area contributed by atoms with Crippen molar-refractivity contribution in [1.29, 1.82) is 0 Å². The first-order valence-electron chi connectivity index (χ1n) is 36.7. The van der Waals surface area contributed by atoms with E-state index in [2.05, 4.69) is 56.2 Å². The molecule has 0 saturated carbocycles. The number of halogens is 1. The van der Waals surface area contributed by atoms with Crippen molar-refractivity contribution in [2.75, 3.05) is 108 Å². The minimum atomic E-state index is -4.23. The zero-order chi connectivity index (χ0) is 74.5. The Morgan fingerprint density at radius 3 is 2.19 bits per heavy atom. The second-order valence-electron chi connectivity index (χ2n) is 30.5. The fraction of sp³-hybridized carbons (Fsp3) is 0.506. The Balaban J connectivity index is 0.683. The summed E-state index contributed by atoms with van der Waals surface area (Å²) in [7, 11) is -6.20. The number of thiazole rings is 1. The topological polar surface area (TPSA) is 224 Å². The number of ketones is 2. The number of β-amino-alcohol motifs (C(OH)–C–C–N with tert-alkyl or cyclic N) is 1. The van der Waals surface area contributed by atoms with Crippen LogP contribution in [0.25, 0.3) is 16.0 Å². The Labute approximate surface area is 629 Å². The third-order valence-electron chi connectivity index (χ3n) is 21.2. The molecule has 6 atom stereocenters. The number of unbranched alkanes of at least 4 members (excludes halogenated alkanes) is 2. The molecule has 0 radical (unpaired) electrons. The minimum Gasteiger partial charge on any atom is -0.391 e. The van der Waals surface area contributed by atoms with Crippen LogP contribution in [0.15, 0.2) is 147 Å². The first-order chi connectivity index (χ1) is 49.5. The van der Waals surface area contributed by atoms with Crippen LogP contribution >= 0.6 is 34.7 Å². The number of carbonyl (C=O) groups is 5. The van der Waals surface area contributed by atoms with Crippen molar-refractivity contribution in [2.24, 2.45) is 22.7 Å². The maximum Gasteiger partial charge on any atom is 0.243 e.